The van der Waals surface area contributed by atoms with Gasteiger partial charge < -0.3 is 14.8 Å². The quantitative estimate of drug-likeness (QED) is 0.856. The number of aryl methyl sites for hydroxylation is 1. The van der Waals surface area contributed by atoms with Crippen molar-refractivity contribution in [2.24, 2.45) is 0 Å². The van der Waals surface area contributed by atoms with E-state index >= 15 is 0 Å². The van der Waals surface area contributed by atoms with Crippen molar-refractivity contribution in [1.29, 1.82) is 0 Å². The molecule has 0 amide bonds. The van der Waals surface area contributed by atoms with E-state index in [0.717, 1.165) is 13.0 Å². The summed E-state index contributed by atoms with van der Waals surface area (Å²) in [6.07, 6.45) is 1.45. The molecule has 0 aromatic heterocycles. The molecule has 1 aliphatic rings. The summed E-state index contributed by atoms with van der Waals surface area (Å²) in [5, 5.41) is 3.64. The maximum atomic E-state index is 5.65. The molecule has 2 rings (SSSR count). The van der Waals surface area contributed by atoms with E-state index in [9.17, 15) is 0 Å². The van der Waals surface area contributed by atoms with Crippen molar-refractivity contribution in [1.82, 2.24) is 5.32 Å². The summed E-state index contributed by atoms with van der Waals surface area (Å²) in [5.41, 5.74) is 2.62. The van der Waals surface area contributed by atoms with Crippen molar-refractivity contribution < 1.29 is 9.47 Å². The molecule has 3 nitrogen and oxygen atoms in total. The normalized spacial score (nSPS) is 27.9. The molecule has 0 radical (unpaired) electrons. The van der Waals surface area contributed by atoms with Crippen LogP contribution < -0.4 is 5.32 Å². The van der Waals surface area contributed by atoms with Crippen LogP contribution >= 0.6 is 0 Å². The number of hydrogen-bond acceptors (Lipinski definition) is 3. The molecule has 106 valence electrons. The largest absolute Gasteiger partial charge is 0.377 e. The van der Waals surface area contributed by atoms with E-state index in [0.29, 0.717) is 12.1 Å². The molecule has 0 bridgehead atoms. The first-order valence-corrected chi connectivity index (χ1v) is 7.12. The van der Waals surface area contributed by atoms with Crippen molar-refractivity contribution in [2.75, 3.05) is 13.7 Å². The molecule has 3 heteroatoms. The van der Waals surface area contributed by atoms with Gasteiger partial charge in [-0.2, -0.15) is 0 Å². The van der Waals surface area contributed by atoms with E-state index < -0.39 is 0 Å². The summed E-state index contributed by atoms with van der Waals surface area (Å²) in [5.74, 6) is 0. The van der Waals surface area contributed by atoms with Gasteiger partial charge in [0.25, 0.3) is 0 Å². The maximum Gasteiger partial charge on any atom is 0.0987 e. The fourth-order valence-electron chi connectivity index (χ4n) is 2.71. The minimum atomic E-state index is 0.174. The van der Waals surface area contributed by atoms with E-state index in [1.165, 1.54) is 11.1 Å². The molecule has 4 atom stereocenters. The lowest BCUT2D eigenvalue weighted by molar-refractivity contribution is -0.133. The average Bonchev–Trinajstić information content (AvgIpc) is 2.38. The van der Waals surface area contributed by atoms with Crippen LogP contribution in [0.25, 0.3) is 0 Å². The van der Waals surface area contributed by atoms with Gasteiger partial charge in [0.05, 0.1) is 12.2 Å². The lowest BCUT2D eigenvalue weighted by Gasteiger charge is -2.44. The van der Waals surface area contributed by atoms with Crippen LogP contribution in [-0.2, 0) is 9.47 Å². The van der Waals surface area contributed by atoms with Gasteiger partial charge in [0.15, 0.2) is 0 Å². The van der Waals surface area contributed by atoms with Crippen LogP contribution in [0.3, 0.4) is 0 Å². The Morgan fingerprint density at radius 1 is 1.32 bits per heavy atom. The molecular formula is C16H25NO2. The minimum absolute atomic E-state index is 0.174. The minimum Gasteiger partial charge on any atom is -0.377 e. The van der Waals surface area contributed by atoms with E-state index in [-0.39, 0.29) is 12.2 Å². The SMILES string of the molecule is CCOC1CC(NC(C)c2ccc(C)cc2)C1OC. The standard InChI is InChI=1S/C16H25NO2/c1-5-19-15-10-14(16(15)18-4)17-12(3)13-8-6-11(2)7-9-13/h6-9,12,14-17H,5,10H2,1-4H3. The number of benzene rings is 1. The Kier molecular flexibility index (Phi) is 4.97. The summed E-state index contributed by atoms with van der Waals surface area (Å²) in [7, 11) is 1.76. The lowest BCUT2D eigenvalue weighted by Crippen LogP contribution is -2.60. The third-order valence-corrected chi connectivity index (χ3v) is 3.94. The number of methoxy groups -OCH3 is 1. The number of hydrogen-bond donors (Lipinski definition) is 1. The van der Waals surface area contributed by atoms with Crippen molar-refractivity contribution in [3.05, 3.63) is 35.4 Å². The first kappa shape index (κ1) is 14.5. The Balaban J connectivity index is 1.89. The van der Waals surface area contributed by atoms with Gasteiger partial charge in [-0.1, -0.05) is 29.8 Å². The van der Waals surface area contributed by atoms with Gasteiger partial charge in [0.1, 0.15) is 0 Å². The van der Waals surface area contributed by atoms with Crippen LogP contribution in [0, 0.1) is 6.92 Å². The lowest BCUT2D eigenvalue weighted by atomic mass is 9.84. The zero-order valence-electron chi connectivity index (χ0n) is 12.3. The summed E-state index contributed by atoms with van der Waals surface area (Å²) < 4.78 is 11.2. The van der Waals surface area contributed by atoms with Crippen molar-refractivity contribution >= 4 is 0 Å². The van der Waals surface area contributed by atoms with Gasteiger partial charge >= 0.3 is 0 Å². The molecule has 1 saturated carbocycles. The molecule has 1 aliphatic carbocycles. The van der Waals surface area contributed by atoms with Crippen LogP contribution in [0.4, 0.5) is 0 Å². The predicted molar refractivity (Wildman–Crippen MR) is 77.3 cm³/mol. The van der Waals surface area contributed by atoms with Crippen molar-refractivity contribution in [3.8, 4) is 0 Å². The van der Waals surface area contributed by atoms with Crippen LogP contribution in [0.1, 0.15) is 37.4 Å². The molecule has 1 aromatic carbocycles. The fraction of sp³-hybridized carbons (Fsp3) is 0.625. The molecule has 4 unspecified atom stereocenters. The second-order valence-electron chi connectivity index (χ2n) is 5.34. The van der Waals surface area contributed by atoms with E-state index in [1.807, 2.05) is 6.92 Å². The molecular weight excluding hydrogens is 238 g/mol. The van der Waals surface area contributed by atoms with Crippen LogP contribution in [-0.4, -0.2) is 32.0 Å². The molecule has 1 N–H and O–H groups in total. The van der Waals surface area contributed by atoms with Gasteiger partial charge in [-0.25, -0.2) is 0 Å². The van der Waals surface area contributed by atoms with Crippen LogP contribution in [0.2, 0.25) is 0 Å². The van der Waals surface area contributed by atoms with E-state index in [2.05, 4.69) is 43.4 Å². The highest BCUT2D eigenvalue weighted by Gasteiger charge is 2.42. The Hall–Kier alpha value is -0.900. The first-order valence-electron chi connectivity index (χ1n) is 7.12. The van der Waals surface area contributed by atoms with Gasteiger partial charge in [-0.15, -0.1) is 0 Å². The topological polar surface area (TPSA) is 30.5 Å². The van der Waals surface area contributed by atoms with Crippen molar-refractivity contribution in [2.45, 2.75) is 51.5 Å². The van der Waals surface area contributed by atoms with E-state index in [1.54, 1.807) is 7.11 Å². The first-order chi connectivity index (χ1) is 9.15. The number of ether oxygens (including phenoxy) is 2. The Morgan fingerprint density at radius 3 is 2.58 bits per heavy atom. The second kappa shape index (κ2) is 6.51. The fourth-order valence-corrected chi connectivity index (χ4v) is 2.71. The molecule has 0 saturated heterocycles. The molecule has 1 fully saturated rings. The third-order valence-electron chi connectivity index (χ3n) is 3.94. The van der Waals surface area contributed by atoms with E-state index in [4.69, 9.17) is 9.47 Å². The molecule has 0 heterocycles. The molecule has 0 spiro atoms. The summed E-state index contributed by atoms with van der Waals surface area (Å²) >= 11 is 0. The number of nitrogens with one attached hydrogen (secondary N) is 1. The summed E-state index contributed by atoms with van der Waals surface area (Å²) in [4.78, 5) is 0. The van der Waals surface area contributed by atoms with Gasteiger partial charge in [0, 0.05) is 25.8 Å². The molecule has 1 aromatic rings. The predicted octanol–water partition coefficient (Wildman–Crippen LogP) is 2.84. The highest BCUT2D eigenvalue weighted by molar-refractivity contribution is 5.24. The monoisotopic (exact) mass is 263 g/mol. The second-order valence-corrected chi connectivity index (χ2v) is 5.34. The Labute approximate surface area is 116 Å². The van der Waals surface area contributed by atoms with Gasteiger partial charge in [-0.3, -0.25) is 0 Å². The molecule has 19 heavy (non-hydrogen) atoms. The molecule has 0 aliphatic heterocycles. The van der Waals surface area contributed by atoms with Gasteiger partial charge in [0.2, 0.25) is 0 Å². The summed E-state index contributed by atoms with van der Waals surface area (Å²) in [6.45, 7) is 7.10. The van der Waals surface area contributed by atoms with Gasteiger partial charge in [-0.05, 0) is 32.8 Å². The average molecular weight is 263 g/mol. The van der Waals surface area contributed by atoms with Crippen LogP contribution in [0.15, 0.2) is 24.3 Å². The highest BCUT2D eigenvalue weighted by Crippen LogP contribution is 2.29. The smallest absolute Gasteiger partial charge is 0.0987 e. The van der Waals surface area contributed by atoms with Crippen LogP contribution in [0.5, 0.6) is 0 Å². The Morgan fingerprint density at radius 2 is 2.00 bits per heavy atom. The maximum absolute atomic E-state index is 5.65. The highest BCUT2D eigenvalue weighted by atomic mass is 16.5. The third kappa shape index (κ3) is 3.35. The zero-order chi connectivity index (χ0) is 13.8. The summed E-state index contributed by atoms with van der Waals surface area (Å²) in [6, 6.07) is 9.42. The Bertz CT molecular complexity index is 390. The zero-order valence-corrected chi connectivity index (χ0v) is 12.3. The van der Waals surface area contributed by atoms with Crippen molar-refractivity contribution in [3.63, 3.8) is 0 Å². The number of rotatable bonds is 6.